The Hall–Kier alpha value is 0.440. The first kappa shape index (κ1) is 10.5. The molecule has 2 heteroatoms. The third-order valence-electron chi connectivity index (χ3n) is 3.54. The largest absolute Gasteiger partial charge is 1.00 e. The molecule has 0 aromatic carbocycles. The van der Waals surface area contributed by atoms with Crippen molar-refractivity contribution < 1.29 is 21.5 Å². The highest BCUT2D eigenvalue weighted by Crippen LogP contribution is 2.28. The van der Waals surface area contributed by atoms with Crippen LogP contribution in [0.25, 0.3) is 0 Å². The van der Waals surface area contributed by atoms with Gasteiger partial charge in [0.25, 0.3) is 0 Å². The monoisotopic (exact) mass is 233 g/mol. The standard InChI is InChI=1S/C10H20N.BrH/c1-10-5-4-8-11(9-10)6-2-3-7-11;/h10H,2-9H2,1H3;1H/q+1;/p-1. The number of halogens is 1. The maximum absolute atomic E-state index is 2.43. The maximum atomic E-state index is 2.43. The van der Waals surface area contributed by atoms with Crippen LogP contribution in [0, 0.1) is 5.92 Å². The molecule has 12 heavy (non-hydrogen) atoms. The quantitative estimate of drug-likeness (QED) is 0.473. The Morgan fingerprint density at radius 1 is 1.00 bits per heavy atom. The third-order valence-corrected chi connectivity index (χ3v) is 3.54. The Labute approximate surface area is 86.5 Å². The average molecular weight is 234 g/mol. The van der Waals surface area contributed by atoms with Gasteiger partial charge in [0.1, 0.15) is 0 Å². The number of hydrogen-bond acceptors (Lipinski definition) is 0. The van der Waals surface area contributed by atoms with Crippen LogP contribution in [0.5, 0.6) is 0 Å². The molecule has 2 saturated heterocycles. The molecule has 0 aromatic rings. The smallest absolute Gasteiger partial charge is 0.0812 e. The summed E-state index contributed by atoms with van der Waals surface area (Å²) in [6.45, 7) is 8.39. The molecule has 0 aromatic heterocycles. The van der Waals surface area contributed by atoms with Crippen LogP contribution in [-0.4, -0.2) is 30.7 Å². The predicted molar refractivity (Wildman–Crippen MR) is 47.4 cm³/mol. The third kappa shape index (κ3) is 2.02. The molecule has 1 atom stereocenters. The summed E-state index contributed by atoms with van der Waals surface area (Å²) in [4.78, 5) is 0. The van der Waals surface area contributed by atoms with E-state index in [1.807, 2.05) is 0 Å². The molecule has 0 saturated carbocycles. The van der Waals surface area contributed by atoms with Gasteiger partial charge >= 0.3 is 0 Å². The Bertz CT molecular complexity index is 141. The van der Waals surface area contributed by atoms with Gasteiger partial charge in [-0.15, -0.1) is 0 Å². The Morgan fingerprint density at radius 3 is 2.17 bits per heavy atom. The van der Waals surface area contributed by atoms with E-state index < -0.39 is 0 Å². The molecule has 0 N–H and O–H groups in total. The van der Waals surface area contributed by atoms with Crippen LogP contribution in [0.15, 0.2) is 0 Å². The number of piperidine rings is 1. The van der Waals surface area contributed by atoms with Gasteiger partial charge in [-0.3, -0.25) is 0 Å². The van der Waals surface area contributed by atoms with Gasteiger partial charge in [0.05, 0.1) is 26.2 Å². The molecule has 72 valence electrons. The van der Waals surface area contributed by atoms with Crippen LogP contribution in [0.1, 0.15) is 32.6 Å². The van der Waals surface area contributed by atoms with Crippen LogP contribution < -0.4 is 17.0 Å². The van der Waals surface area contributed by atoms with Crippen molar-refractivity contribution in [3.05, 3.63) is 0 Å². The SMILES string of the molecule is CC1CCC[N+]2(CCCC2)C1.[Br-]. The summed E-state index contributed by atoms with van der Waals surface area (Å²) in [5.74, 6) is 1.00. The van der Waals surface area contributed by atoms with Crippen molar-refractivity contribution in [1.29, 1.82) is 0 Å². The first-order valence-corrected chi connectivity index (χ1v) is 5.16. The van der Waals surface area contributed by atoms with Gasteiger partial charge in [-0.1, -0.05) is 6.92 Å². The van der Waals surface area contributed by atoms with E-state index in [1.165, 1.54) is 56.3 Å². The first-order chi connectivity index (χ1) is 5.31. The zero-order valence-corrected chi connectivity index (χ0v) is 9.65. The van der Waals surface area contributed by atoms with Crippen molar-refractivity contribution >= 4 is 0 Å². The van der Waals surface area contributed by atoms with E-state index in [9.17, 15) is 0 Å². The number of quaternary nitrogens is 1. The lowest BCUT2D eigenvalue weighted by atomic mass is 9.98. The first-order valence-electron chi connectivity index (χ1n) is 5.16. The van der Waals surface area contributed by atoms with Crippen LogP contribution in [0.4, 0.5) is 0 Å². The fourth-order valence-corrected chi connectivity index (χ4v) is 3.03. The molecule has 2 rings (SSSR count). The van der Waals surface area contributed by atoms with Gasteiger partial charge < -0.3 is 21.5 Å². The summed E-state index contributed by atoms with van der Waals surface area (Å²) in [5, 5.41) is 0. The highest BCUT2D eigenvalue weighted by Gasteiger charge is 2.35. The van der Waals surface area contributed by atoms with Crippen molar-refractivity contribution in [3.63, 3.8) is 0 Å². The topological polar surface area (TPSA) is 0 Å². The Morgan fingerprint density at radius 2 is 1.58 bits per heavy atom. The second kappa shape index (κ2) is 4.10. The minimum Gasteiger partial charge on any atom is -1.00 e. The molecule has 2 fully saturated rings. The van der Waals surface area contributed by atoms with Gasteiger partial charge in [-0.05, 0) is 12.8 Å². The molecule has 0 radical (unpaired) electrons. The summed E-state index contributed by atoms with van der Waals surface area (Å²) in [6.07, 6.45) is 5.96. The van der Waals surface area contributed by atoms with Crippen molar-refractivity contribution in [2.24, 2.45) is 5.92 Å². The zero-order chi connectivity index (χ0) is 7.73. The molecule has 0 aliphatic carbocycles. The minimum atomic E-state index is 0. The Balaban J connectivity index is 0.000000720. The molecule has 2 heterocycles. The highest BCUT2D eigenvalue weighted by molar-refractivity contribution is 4.64. The van der Waals surface area contributed by atoms with E-state index in [2.05, 4.69) is 6.92 Å². The molecule has 2 aliphatic heterocycles. The summed E-state index contributed by atoms with van der Waals surface area (Å²) in [5.41, 5.74) is 0. The number of hydrogen-bond donors (Lipinski definition) is 0. The summed E-state index contributed by atoms with van der Waals surface area (Å²) < 4.78 is 1.49. The van der Waals surface area contributed by atoms with Crippen molar-refractivity contribution in [2.45, 2.75) is 32.6 Å². The molecule has 2 aliphatic rings. The van der Waals surface area contributed by atoms with Crippen LogP contribution in [-0.2, 0) is 0 Å². The van der Waals surface area contributed by atoms with E-state index in [0.29, 0.717) is 0 Å². The van der Waals surface area contributed by atoms with Gasteiger partial charge in [0.2, 0.25) is 0 Å². The molecule has 0 bridgehead atoms. The average Bonchev–Trinajstić information content (AvgIpc) is 2.37. The molecular weight excluding hydrogens is 214 g/mol. The number of rotatable bonds is 0. The summed E-state index contributed by atoms with van der Waals surface area (Å²) >= 11 is 0. The van der Waals surface area contributed by atoms with Crippen LogP contribution in [0.2, 0.25) is 0 Å². The van der Waals surface area contributed by atoms with E-state index in [4.69, 9.17) is 0 Å². The normalized spacial score (nSPS) is 33.2. The molecule has 1 nitrogen and oxygen atoms in total. The molecule has 0 amide bonds. The second-order valence-electron chi connectivity index (χ2n) is 4.65. The van der Waals surface area contributed by atoms with Gasteiger partial charge in [0.15, 0.2) is 0 Å². The van der Waals surface area contributed by atoms with Crippen molar-refractivity contribution in [1.82, 2.24) is 0 Å². The van der Waals surface area contributed by atoms with E-state index in [0.717, 1.165) is 5.92 Å². The number of nitrogens with zero attached hydrogens (tertiary/aromatic N) is 1. The molecular formula is C10H20BrN. The predicted octanol–water partition coefficient (Wildman–Crippen LogP) is -0.969. The van der Waals surface area contributed by atoms with Crippen molar-refractivity contribution in [3.8, 4) is 0 Å². The van der Waals surface area contributed by atoms with E-state index >= 15 is 0 Å². The van der Waals surface area contributed by atoms with E-state index in [-0.39, 0.29) is 17.0 Å². The summed E-state index contributed by atoms with van der Waals surface area (Å²) in [7, 11) is 0. The fourth-order valence-electron chi connectivity index (χ4n) is 3.03. The van der Waals surface area contributed by atoms with E-state index in [1.54, 1.807) is 0 Å². The lowest BCUT2D eigenvalue weighted by Gasteiger charge is -2.40. The maximum Gasteiger partial charge on any atom is 0.0812 e. The lowest BCUT2D eigenvalue weighted by Crippen LogP contribution is -3.00. The van der Waals surface area contributed by atoms with Gasteiger partial charge in [-0.2, -0.15) is 0 Å². The second-order valence-corrected chi connectivity index (χ2v) is 4.65. The summed E-state index contributed by atoms with van der Waals surface area (Å²) in [6, 6.07) is 0. The van der Waals surface area contributed by atoms with Gasteiger partial charge in [0, 0.05) is 18.8 Å². The molecule has 1 spiro atoms. The minimum absolute atomic E-state index is 0. The van der Waals surface area contributed by atoms with Crippen LogP contribution >= 0.6 is 0 Å². The highest BCUT2D eigenvalue weighted by atomic mass is 79.9. The van der Waals surface area contributed by atoms with Crippen LogP contribution in [0.3, 0.4) is 0 Å². The fraction of sp³-hybridized carbons (Fsp3) is 1.00. The zero-order valence-electron chi connectivity index (χ0n) is 8.06. The van der Waals surface area contributed by atoms with Gasteiger partial charge in [-0.25, -0.2) is 0 Å². The Kier molecular flexibility index (Phi) is 3.59. The lowest BCUT2D eigenvalue weighted by molar-refractivity contribution is -0.924. The molecule has 1 unspecified atom stereocenters. The van der Waals surface area contributed by atoms with Crippen molar-refractivity contribution in [2.75, 3.05) is 26.2 Å².